The Morgan fingerprint density at radius 3 is 1.32 bits per heavy atom. The van der Waals surface area contributed by atoms with Crippen molar-refractivity contribution in [2.45, 2.75) is 24.7 Å². The first-order valence-corrected chi connectivity index (χ1v) is 7.93. The fourth-order valence-corrected chi connectivity index (χ4v) is 2.95. The van der Waals surface area contributed by atoms with Crippen LogP contribution in [0.4, 0.5) is 0 Å². The molecule has 2 aromatic rings. The Morgan fingerprint density at radius 2 is 1.00 bits per heavy atom. The molecule has 0 aromatic heterocycles. The third kappa shape index (κ3) is 4.97. The van der Waals surface area contributed by atoms with Crippen molar-refractivity contribution in [3.8, 4) is 0 Å². The van der Waals surface area contributed by atoms with E-state index >= 15 is 0 Å². The Morgan fingerprint density at radius 1 is 0.636 bits per heavy atom. The third-order valence-corrected chi connectivity index (χ3v) is 4.14. The van der Waals surface area contributed by atoms with Crippen LogP contribution < -0.4 is 0 Å². The van der Waals surface area contributed by atoms with Gasteiger partial charge in [0.25, 0.3) is 0 Å². The van der Waals surface area contributed by atoms with Crippen molar-refractivity contribution in [2.24, 2.45) is 0 Å². The molecule has 2 rings (SSSR count). The minimum atomic E-state index is 0.439. The van der Waals surface area contributed by atoms with Crippen LogP contribution in [-0.2, 0) is 9.47 Å². The summed E-state index contributed by atoms with van der Waals surface area (Å²) in [5, 5.41) is 0. The van der Waals surface area contributed by atoms with Gasteiger partial charge in [-0.15, -0.1) is 0 Å². The molecule has 0 heterocycles. The zero-order chi connectivity index (χ0) is 15.6. The van der Waals surface area contributed by atoms with E-state index in [1.165, 1.54) is 11.1 Å². The molecular weight excluding hydrogens is 272 g/mol. The van der Waals surface area contributed by atoms with Gasteiger partial charge >= 0.3 is 0 Å². The molecule has 0 amide bonds. The van der Waals surface area contributed by atoms with Crippen molar-refractivity contribution >= 4 is 0 Å². The van der Waals surface area contributed by atoms with Gasteiger partial charge in [-0.25, -0.2) is 0 Å². The first kappa shape index (κ1) is 16.7. The van der Waals surface area contributed by atoms with Crippen LogP contribution in [0.3, 0.4) is 0 Å². The van der Waals surface area contributed by atoms with Crippen molar-refractivity contribution in [1.29, 1.82) is 0 Å². The van der Waals surface area contributed by atoms with Crippen molar-refractivity contribution in [1.82, 2.24) is 0 Å². The molecule has 0 N–H and O–H groups in total. The smallest absolute Gasteiger partial charge is 0.0530 e. The lowest BCUT2D eigenvalue weighted by Gasteiger charge is -2.21. The van der Waals surface area contributed by atoms with Crippen molar-refractivity contribution in [3.05, 3.63) is 71.8 Å². The molecule has 2 unspecified atom stereocenters. The predicted molar refractivity (Wildman–Crippen MR) is 91.4 cm³/mol. The molecule has 0 fully saturated rings. The van der Waals surface area contributed by atoms with Gasteiger partial charge in [0.05, 0.1) is 13.2 Å². The average Bonchev–Trinajstić information content (AvgIpc) is 2.59. The van der Waals surface area contributed by atoms with Crippen LogP contribution >= 0.6 is 0 Å². The molecule has 22 heavy (non-hydrogen) atoms. The summed E-state index contributed by atoms with van der Waals surface area (Å²) in [5.41, 5.74) is 2.71. The van der Waals surface area contributed by atoms with E-state index in [0.29, 0.717) is 11.8 Å². The Hall–Kier alpha value is -1.64. The first-order valence-electron chi connectivity index (χ1n) is 7.93. The molecule has 118 valence electrons. The van der Waals surface area contributed by atoms with E-state index in [0.717, 1.165) is 26.1 Å². The minimum absolute atomic E-state index is 0.439. The number of hydrogen-bond acceptors (Lipinski definition) is 2. The molecule has 2 aromatic carbocycles. The Labute approximate surface area is 134 Å². The summed E-state index contributed by atoms with van der Waals surface area (Å²) >= 11 is 0. The number of ether oxygens (including phenoxy) is 2. The molecule has 2 nitrogen and oxygen atoms in total. The number of rotatable bonds is 9. The minimum Gasteiger partial charge on any atom is -0.384 e. The summed E-state index contributed by atoms with van der Waals surface area (Å²) < 4.78 is 10.9. The summed E-state index contributed by atoms with van der Waals surface area (Å²) in [6.45, 7) is 1.52. The van der Waals surface area contributed by atoms with Crippen LogP contribution in [0.15, 0.2) is 60.7 Å². The quantitative estimate of drug-likeness (QED) is 0.672. The fraction of sp³-hybridized carbons (Fsp3) is 0.400. The lowest BCUT2D eigenvalue weighted by Crippen LogP contribution is -2.12. The molecule has 2 atom stereocenters. The monoisotopic (exact) mass is 298 g/mol. The predicted octanol–water partition coefficient (Wildman–Crippen LogP) is 4.63. The molecule has 0 radical (unpaired) electrons. The highest BCUT2D eigenvalue weighted by molar-refractivity contribution is 5.21. The van der Waals surface area contributed by atoms with Crippen LogP contribution in [0.5, 0.6) is 0 Å². The van der Waals surface area contributed by atoms with Gasteiger partial charge in [0.2, 0.25) is 0 Å². The Balaban J connectivity index is 2.03. The Kier molecular flexibility index (Phi) is 7.14. The lowest BCUT2D eigenvalue weighted by atomic mass is 9.88. The maximum Gasteiger partial charge on any atom is 0.0530 e. The van der Waals surface area contributed by atoms with E-state index in [2.05, 4.69) is 60.7 Å². The second-order valence-electron chi connectivity index (χ2n) is 5.70. The van der Waals surface area contributed by atoms with Gasteiger partial charge in [-0.2, -0.15) is 0 Å². The maximum absolute atomic E-state index is 5.43. The van der Waals surface area contributed by atoms with Gasteiger partial charge < -0.3 is 9.47 Å². The van der Waals surface area contributed by atoms with Crippen LogP contribution in [0.25, 0.3) is 0 Å². The van der Waals surface area contributed by atoms with E-state index in [-0.39, 0.29) is 0 Å². The van der Waals surface area contributed by atoms with E-state index in [9.17, 15) is 0 Å². The number of hydrogen-bond donors (Lipinski definition) is 0. The first-order chi connectivity index (χ1) is 10.8. The van der Waals surface area contributed by atoms with Gasteiger partial charge in [-0.1, -0.05) is 60.7 Å². The molecule has 0 spiro atoms. The standard InChI is InChI=1S/C20H26O2/c1-21-15-19(17-9-5-3-6-10-17)13-14-20(16-22-2)18-11-7-4-8-12-18/h3-12,19-20H,13-16H2,1-2H3. The Bertz CT molecular complexity index is 460. The van der Waals surface area contributed by atoms with Crippen molar-refractivity contribution < 1.29 is 9.47 Å². The lowest BCUT2D eigenvalue weighted by molar-refractivity contribution is 0.159. The van der Waals surface area contributed by atoms with Crippen molar-refractivity contribution in [2.75, 3.05) is 27.4 Å². The summed E-state index contributed by atoms with van der Waals surface area (Å²) in [5.74, 6) is 0.878. The molecule has 0 aliphatic heterocycles. The van der Waals surface area contributed by atoms with Crippen LogP contribution in [0.1, 0.15) is 35.8 Å². The largest absolute Gasteiger partial charge is 0.384 e. The van der Waals surface area contributed by atoms with Gasteiger partial charge in [-0.05, 0) is 24.0 Å². The summed E-state index contributed by atoms with van der Waals surface area (Å²) in [7, 11) is 3.56. The van der Waals surface area contributed by atoms with Gasteiger partial charge in [0.1, 0.15) is 0 Å². The van der Waals surface area contributed by atoms with Gasteiger partial charge in [-0.3, -0.25) is 0 Å². The highest BCUT2D eigenvalue weighted by Gasteiger charge is 2.16. The van der Waals surface area contributed by atoms with Crippen LogP contribution in [-0.4, -0.2) is 27.4 Å². The maximum atomic E-state index is 5.43. The molecule has 0 aliphatic rings. The van der Waals surface area contributed by atoms with Gasteiger partial charge in [0, 0.05) is 26.1 Å². The SMILES string of the molecule is COCC(CCC(COC)c1ccccc1)c1ccccc1. The van der Waals surface area contributed by atoms with Crippen LogP contribution in [0, 0.1) is 0 Å². The zero-order valence-corrected chi connectivity index (χ0v) is 13.6. The second kappa shape index (κ2) is 9.39. The van der Waals surface area contributed by atoms with E-state index in [1.807, 2.05) is 0 Å². The third-order valence-electron chi connectivity index (χ3n) is 4.14. The molecule has 0 aliphatic carbocycles. The molecule has 0 saturated heterocycles. The van der Waals surface area contributed by atoms with Crippen molar-refractivity contribution in [3.63, 3.8) is 0 Å². The number of benzene rings is 2. The highest BCUT2D eigenvalue weighted by atomic mass is 16.5. The number of methoxy groups -OCH3 is 2. The topological polar surface area (TPSA) is 18.5 Å². The average molecular weight is 298 g/mol. The van der Waals surface area contributed by atoms with E-state index in [4.69, 9.17) is 9.47 Å². The van der Waals surface area contributed by atoms with Crippen LogP contribution in [0.2, 0.25) is 0 Å². The highest BCUT2D eigenvalue weighted by Crippen LogP contribution is 2.28. The molecular formula is C20H26O2. The normalized spacial score (nSPS) is 13.7. The van der Waals surface area contributed by atoms with E-state index in [1.54, 1.807) is 14.2 Å². The summed E-state index contributed by atoms with van der Waals surface area (Å²) in [4.78, 5) is 0. The fourth-order valence-electron chi connectivity index (χ4n) is 2.95. The van der Waals surface area contributed by atoms with Gasteiger partial charge in [0.15, 0.2) is 0 Å². The zero-order valence-electron chi connectivity index (χ0n) is 13.6. The molecule has 0 saturated carbocycles. The van der Waals surface area contributed by atoms with E-state index < -0.39 is 0 Å². The molecule has 2 heteroatoms. The summed E-state index contributed by atoms with van der Waals surface area (Å²) in [6, 6.07) is 21.3. The molecule has 0 bridgehead atoms. The second-order valence-corrected chi connectivity index (χ2v) is 5.70. The summed E-state index contributed by atoms with van der Waals surface area (Å²) in [6.07, 6.45) is 2.20.